The lowest BCUT2D eigenvalue weighted by molar-refractivity contribution is -0.116. The van der Waals surface area contributed by atoms with Gasteiger partial charge < -0.3 is 34.4 Å². The molecule has 2 heterocycles. The molecule has 0 aliphatic carbocycles. The number of amides is 2. The van der Waals surface area contributed by atoms with E-state index >= 15 is 0 Å². The lowest BCUT2D eigenvalue weighted by Crippen LogP contribution is -2.49. The van der Waals surface area contributed by atoms with Crippen LogP contribution in [0.15, 0.2) is 36.4 Å². The third-order valence-corrected chi connectivity index (χ3v) is 7.34. The van der Waals surface area contributed by atoms with Crippen LogP contribution in [-0.2, 0) is 11.3 Å². The Kier molecular flexibility index (Phi) is 9.89. The molecular weight excluding hydrogens is 512 g/mol. The first-order valence-corrected chi connectivity index (χ1v) is 13.9. The zero-order valence-corrected chi connectivity index (χ0v) is 24.2. The highest BCUT2D eigenvalue weighted by molar-refractivity contribution is 5.99. The van der Waals surface area contributed by atoms with Crippen LogP contribution in [0.5, 0.6) is 17.2 Å². The summed E-state index contributed by atoms with van der Waals surface area (Å²) in [5, 5.41) is 12.8. The van der Waals surface area contributed by atoms with E-state index in [9.17, 15) is 14.7 Å². The molecule has 0 bridgehead atoms. The van der Waals surface area contributed by atoms with Crippen molar-refractivity contribution in [2.24, 2.45) is 5.92 Å². The highest BCUT2D eigenvalue weighted by atomic mass is 16.7. The van der Waals surface area contributed by atoms with Crippen molar-refractivity contribution in [3.63, 3.8) is 0 Å². The maximum atomic E-state index is 13.7. The Morgan fingerprint density at radius 1 is 1.12 bits per heavy atom. The van der Waals surface area contributed by atoms with E-state index in [0.717, 1.165) is 30.0 Å². The average Bonchev–Trinajstić information content (AvgIpc) is 3.38. The molecule has 0 saturated carbocycles. The molecule has 10 heteroatoms. The molecule has 0 unspecified atom stereocenters. The van der Waals surface area contributed by atoms with Gasteiger partial charge in [-0.25, -0.2) is 0 Å². The first-order chi connectivity index (χ1) is 19.1. The standard InChI is InChI=1S/C30H42N4O6/c1-20-15-34(21(2)18-35)30(37)24-14-23(31-29(36)7-6-12-32(3)4)9-11-25(24)40-28(20)17-33(5)16-22-8-10-26-27(13-22)39-19-38-26/h8-11,13-14,20-21,28,35H,6-7,12,15-19H2,1-5H3,(H,31,36)/t20-,21+,28+/m1/s1. The van der Waals surface area contributed by atoms with Gasteiger partial charge in [0.1, 0.15) is 11.9 Å². The van der Waals surface area contributed by atoms with E-state index < -0.39 is 0 Å². The molecule has 0 fully saturated rings. The summed E-state index contributed by atoms with van der Waals surface area (Å²) in [5.41, 5.74) is 2.02. The molecule has 10 nitrogen and oxygen atoms in total. The fourth-order valence-electron chi connectivity index (χ4n) is 5.02. The van der Waals surface area contributed by atoms with Crippen molar-refractivity contribution < 1.29 is 28.9 Å². The number of hydrogen-bond acceptors (Lipinski definition) is 8. The summed E-state index contributed by atoms with van der Waals surface area (Å²) in [7, 11) is 5.98. The van der Waals surface area contributed by atoms with Gasteiger partial charge >= 0.3 is 0 Å². The van der Waals surface area contributed by atoms with Crippen LogP contribution < -0.4 is 19.5 Å². The molecule has 40 heavy (non-hydrogen) atoms. The van der Waals surface area contributed by atoms with Gasteiger partial charge in [0.15, 0.2) is 11.5 Å². The van der Waals surface area contributed by atoms with Crippen LogP contribution in [0.2, 0.25) is 0 Å². The smallest absolute Gasteiger partial charge is 0.258 e. The Balaban J connectivity index is 1.51. The molecular formula is C30H42N4O6. The lowest BCUT2D eigenvalue weighted by atomic mass is 9.99. The van der Waals surface area contributed by atoms with Crippen LogP contribution in [0.4, 0.5) is 5.69 Å². The molecule has 4 rings (SSSR count). The van der Waals surface area contributed by atoms with Gasteiger partial charge in [-0.1, -0.05) is 13.0 Å². The predicted octanol–water partition coefficient (Wildman–Crippen LogP) is 3.05. The molecule has 218 valence electrons. The predicted molar refractivity (Wildman–Crippen MR) is 153 cm³/mol. The molecule has 2 amide bonds. The quantitative estimate of drug-likeness (QED) is 0.437. The van der Waals surface area contributed by atoms with E-state index in [0.29, 0.717) is 43.1 Å². The number of rotatable bonds is 11. The minimum Gasteiger partial charge on any atom is -0.488 e. The number of benzene rings is 2. The molecule has 2 aromatic rings. The first kappa shape index (κ1) is 29.6. The Morgan fingerprint density at radius 3 is 2.62 bits per heavy atom. The molecule has 0 aromatic heterocycles. The van der Waals surface area contributed by atoms with Crippen LogP contribution >= 0.6 is 0 Å². The van der Waals surface area contributed by atoms with Crippen molar-refractivity contribution in [2.75, 3.05) is 59.5 Å². The maximum Gasteiger partial charge on any atom is 0.258 e. The highest BCUT2D eigenvalue weighted by Gasteiger charge is 2.33. The molecule has 0 spiro atoms. The van der Waals surface area contributed by atoms with Gasteiger partial charge in [0, 0.05) is 37.7 Å². The molecule has 2 aromatic carbocycles. The lowest BCUT2D eigenvalue weighted by Gasteiger charge is -2.38. The van der Waals surface area contributed by atoms with Gasteiger partial charge in [0.2, 0.25) is 12.7 Å². The number of anilines is 1. The van der Waals surface area contributed by atoms with Crippen molar-refractivity contribution in [3.05, 3.63) is 47.5 Å². The second kappa shape index (κ2) is 13.3. The van der Waals surface area contributed by atoms with Crippen LogP contribution in [0.25, 0.3) is 0 Å². The monoisotopic (exact) mass is 554 g/mol. The molecule has 0 saturated heterocycles. The molecule has 2 N–H and O–H groups in total. The number of ether oxygens (including phenoxy) is 3. The normalized spacial score (nSPS) is 19.2. The summed E-state index contributed by atoms with van der Waals surface area (Å²) in [6.45, 7) is 6.56. The van der Waals surface area contributed by atoms with E-state index in [4.69, 9.17) is 14.2 Å². The van der Waals surface area contributed by atoms with Crippen molar-refractivity contribution in [1.29, 1.82) is 0 Å². The van der Waals surface area contributed by atoms with Crippen LogP contribution in [0.3, 0.4) is 0 Å². The molecule has 3 atom stereocenters. The molecule has 2 aliphatic rings. The van der Waals surface area contributed by atoms with Crippen LogP contribution in [-0.4, -0.2) is 97.9 Å². The summed E-state index contributed by atoms with van der Waals surface area (Å²) in [4.78, 5) is 32.1. The van der Waals surface area contributed by atoms with Crippen LogP contribution in [0, 0.1) is 5.92 Å². The fraction of sp³-hybridized carbons (Fsp3) is 0.533. The van der Waals surface area contributed by atoms with E-state index in [-0.39, 0.29) is 43.3 Å². The fourth-order valence-corrected chi connectivity index (χ4v) is 5.02. The van der Waals surface area contributed by atoms with Gasteiger partial charge in [0.05, 0.1) is 18.2 Å². The zero-order valence-electron chi connectivity index (χ0n) is 24.2. The van der Waals surface area contributed by atoms with E-state index in [2.05, 4.69) is 17.1 Å². The summed E-state index contributed by atoms with van der Waals surface area (Å²) in [6, 6.07) is 10.8. The number of aliphatic hydroxyl groups is 1. The number of carbonyl (C=O) groups is 2. The molecule has 2 aliphatic heterocycles. The summed E-state index contributed by atoms with van der Waals surface area (Å²) in [6.07, 6.45) is 0.918. The Bertz CT molecular complexity index is 1190. The topological polar surface area (TPSA) is 104 Å². The highest BCUT2D eigenvalue weighted by Crippen LogP contribution is 2.33. The number of carbonyl (C=O) groups excluding carboxylic acids is 2. The Hall–Kier alpha value is -3.34. The largest absolute Gasteiger partial charge is 0.488 e. The first-order valence-electron chi connectivity index (χ1n) is 13.9. The van der Waals surface area contributed by atoms with E-state index in [1.807, 2.05) is 51.2 Å². The van der Waals surface area contributed by atoms with E-state index in [1.165, 1.54) is 0 Å². The number of fused-ring (bicyclic) bond motifs is 2. The maximum absolute atomic E-state index is 13.7. The zero-order chi connectivity index (χ0) is 28.8. The number of hydrogen-bond donors (Lipinski definition) is 2. The third-order valence-electron chi connectivity index (χ3n) is 7.34. The van der Waals surface area contributed by atoms with Gasteiger partial charge in [-0.3, -0.25) is 14.5 Å². The Morgan fingerprint density at radius 2 is 1.88 bits per heavy atom. The van der Waals surface area contributed by atoms with E-state index in [1.54, 1.807) is 23.1 Å². The van der Waals surface area contributed by atoms with Gasteiger partial charge in [-0.05, 0) is 76.9 Å². The second-order valence-corrected chi connectivity index (χ2v) is 11.2. The SMILES string of the molecule is C[C@@H]1CN([C@@H](C)CO)C(=O)c2cc(NC(=O)CCCN(C)C)ccc2O[C@H]1CN(C)Cc1ccc2c(c1)OCO2. The summed E-state index contributed by atoms with van der Waals surface area (Å²) < 4.78 is 17.4. The minimum atomic E-state index is -0.364. The summed E-state index contributed by atoms with van der Waals surface area (Å²) >= 11 is 0. The number of nitrogens with one attached hydrogen (secondary N) is 1. The van der Waals surface area contributed by atoms with Crippen molar-refractivity contribution >= 4 is 17.5 Å². The van der Waals surface area contributed by atoms with Crippen molar-refractivity contribution in [2.45, 2.75) is 45.4 Å². The van der Waals surface area contributed by atoms with Crippen molar-refractivity contribution in [1.82, 2.24) is 14.7 Å². The summed E-state index contributed by atoms with van der Waals surface area (Å²) in [5.74, 6) is 1.66. The number of likely N-dealkylation sites (N-methyl/N-ethyl adjacent to an activating group) is 1. The number of aliphatic hydroxyl groups excluding tert-OH is 1. The Labute approximate surface area is 236 Å². The minimum absolute atomic E-state index is 0.00128. The third kappa shape index (κ3) is 7.44. The van der Waals surface area contributed by atoms with Crippen molar-refractivity contribution in [3.8, 4) is 17.2 Å². The van der Waals surface area contributed by atoms with Gasteiger partial charge in [0.25, 0.3) is 5.91 Å². The molecule has 0 radical (unpaired) electrons. The average molecular weight is 555 g/mol. The van der Waals surface area contributed by atoms with Crippen LogP contribution in [0.1, 0.15) is 42.6 Å². The van der Waals surface area contributed by atoms with Gasteiger partial charge in [-0.15, -0.1) is 0 Å². The second-order valence-electron chi connectivity index (χ2n) is 11.2. The van der Waals surface area contributed by atoms with Gasteiger partial charge in [-0.2, -0.15) is 0 Å². The number of nitrogens with zero attached hydrogens (tertiary/aromatic N) is 3.